The molecule has 5 N–H and O–H groups in total. The first-order valence-electron chi connectivity index (χ1n) is 13.6. The number of anilines is 1. The lowest BCUT2D eigenvalue weighted by molar-refractivity contribution is 0.0931. The molecule has 2 aromatic heterocycles. The minimum atomic E-state index is -0.733. The standard InChI is InChI=1S/C30H23N9O5/c1-14-36-28(38-44-14)17-4-6-19-16(9-17)5-7-20(19)37-30(43)22-10-21(33-13-34-22)29(42)32-11-15-2-3-18-12-35-39(23(18)8-15)25-24(31)26(40)27(25)41/h2-4,6,8-10,12-13,20H,1,5,7,11,31H2,(H,32,42)(H,36,38)(H,37,43)/t20-/m0/s1. The van der Waals surface area contributed by atoms with Gasteiger partial charge in [-0.1, -0.05) is 24.3 Å². The van der Waals surface area contributed by atoms with Crippen molar-refractivity contribution < 1.29 is 14.4 Å². The van der Waals surface area contributed by atoms with E-state index in [0.29, 0.717) is 29.2 Å². The van der Waals surface area contributed by atoms with E-state index in [1.54, 1.807) is 24.4 Å². The Morgan fingerprint density at radius 2 is 1.89 bits per heavy atom. The van der Waals surface area contributed by atoms with E-state index in [0.717, 1.165) is 28.5 Å². The topological polar surface area (TPSA) is 196 Å². The number of rotatable bonds is 7. The SMILES string of the molecule is C=C1N=C(c2ccc3c(c2)CC[C@@H]3NC(=O)c2cc(C(=O)NCc3ccc4cnn(-c5c(N)c(=O)c5=O)c4c3)ncn2)NO1. The van der Waals surface area contributed by atoms with Crippen LogP contribution < -0.4 is 32.7 Å². The van der Waals surface area contributed by atoms with Gasteiger partial charge in [0, 0.05) is 23.6 Å². The summed E-state index contributed by atoms with van der Waals surface area (Å²) in [6, 6.07) is 12.3. The number of aromatic nitrogens is 4. The van der Waals surface area contributed by atoms with Crippen LogP contribution in [-0.2, 0) is 17.8 Å². The number of nitrogen functional groups attached to an aromatic ring is 1. The average Bonchev–Trinajstić information content (AvgIpc) is 3.78. The zero-order valence-corrected chi connectivity index (χ0v) is 23.0. The molecular weight excluding hydrogens is 566 g/mol. The molecule has 14 nitrogen and oxygen atoms in total. The van der Waals surface area contributed by atoms with Crippen LogP contribution in [0.4, 0.5) is 5.69 Å². The van der Waals surface area contributed by atoms with Gasteiger partial charge < -0.3 is 21.2 Å². The van der Waals surface area contributed by atoms with Crippen LogP contribution >= 0.6 is 0 Å². The zero-order valence-electron chi connectivity index (χ0n) is 23.0. The highest BCUT2D eigenvalue weighted by molar-refractivity contribution is 6.00. The summed E-state index contributed by atoms with van der Waals surface area (Å²) in [7, 11) is 0. The molecule has 0 bridgehead atoms. The quantitative estimate of drug-likeness (QED) is 0.200. The number of fused-ring (bicyclic) bond motifs is 2. The number of amidine groups is 1. The fourth-order valence-electron chi connectivity index (χ4n) is 5.39. The second-order valence-corrected chi connectivity index (χ2v) is 10.4. The molecule has 5 aromatic rings. The maximum atomic E-state index is 13.1. The second kappa shape index (κ2) is 10.3. The summed E-state index contributed by atoms with van der Waals surface area (Å²) in [4.78, 5) is 67.0. The predicted octanol–water partition coefficient (Wildman–Crippen LogP) is 1.09. The molecule has 0 spiro atoms. The number of nitrogens with zero attached hydrogens (tertiary/aromatic N) is 5. The Hall–Kier alpha value is -6.18. The largest absolute Gasteiger partial charge is 0.394 e. The number of hydrogen-bond acceptors (Lipinski definition) is 11. The Morgan fingerprint density at radius 1 is 1.07 bits per heavy atom. The zero-order chi connectivity index (χ0) is 30.5. The van der Waals surface area contributed by atoms with Crippen LogP contribution in [-0.4, -0.2) is 37.4 Å². The van der Waals surface area contributed by atoms with Gasteiger partial charge in [-0.2, -0.15) is 10.1 Å². The number of amides is 2. The molecule has 3 aromatic carbocycles. The first-order valence-corrected chi connectivity index (χ1v) is 13.6. The monoisotopic (exact) mass is 589 g/mol. The third kappa shape index (κ3) is 4.54. The Bertz CT molecular complexity index is 2140. The summed E-state index contributed by atoms with van der Waals surface area (Å²) in [5.74, 6) is -0.0587. The highest BCUT2D eigenvalue weighted by Gasteiger charge is 2.27. The maximum Gasteiger partial charge on any atom is 0.270 e. The third-order valence-electron chi connectivity index (χ3n) is 7.66. The molecular formula is C30H23N9O5. The van der Waals surface area contributed by atoms with Crippen molar-refractivity contribution in [1.29, 1.82) is 0 Å². The van der Waals surface area contributed by atoms with Gasteiger partial charge in [-0.25, -0.2) is 20.1 Å². The molecule has 0 radical (unpaired) electrons. The second-order valence-electron chi connectivity index (χ2n) is 10.4. The Kier molecular flexibility index (Phi) is 6.23. The van der Waals surface area contributed by atoms with E-state index < -0.39 is 22.7 Å². The molecule has 0 unspecified atom stereocenters. The minimum Gasteiger partial charge on any atom is -0.394 e. The van der Waals surface area contributed by atoms with Crippen molar-refractivity contribution in [3.05, 3.63) is 122 Å². The van der Waals surface area contributed by atoms with Crippen LogP contribution in [0.2, 0.25) is 0 Å². The van der Waals surface area contributed by atoms with Crippen molar-refractivity contribution in [2.45, 2.75) is 25.4 Å². The molecule has 2 aliphatic rings. The molecule has 0 saturated carbocycles. The van der Waals surface area contributed by atoms with E-state index in [4.69, 9.17) is 10.6 Å². The van der Waals surface area contributed by atoms with Gasteiger partial charge in [-0.15, -0.1) is 0 Å². The Morgan fingerprint density at radius 3 is 2.66 bits per heavy atom. The predicted molar refractivity (Wildman–Crippen MR) is 158 cm³/mol. The number of aliphatic imine (C=N–C) groups is 1. The van der Waals surface area contributed by atoms with Gasteiger partial charge in [0.25, 0.3) is 22.7 Å². The molecule has 14 heteroatoms. The molecule has 0 saturated heterocycles. The van der Waals surface area contributed by atoms with E-state index in [9.17, 15) is 19.2 Å². The molecule has 1 aliphatic heterocycles. The highest BCUT2D eigenvalue weighted by atomic mass is 16.7. The Balaban J connectivity index is 1.02. The summed E-state index contributed by atoms with van der Waals surface area (Å²) in [5.41, 5.74) is 11.2. The minimum absolute atomic E-state index is 0.0258. The average molecular weight is 590 g/mol. The molecule has 7 rings (SSSR count). The molecule has 0 fully saturated rings. The van der Waals surface area contributed by atoms with Crippen LogP contribution in [0.5, 0.6) is 0 Å². The van der Waals surface area contributed by atoms with Crippen LogP contribution in [0.1, 0.15) is 55.7 Å². The van der Waals surface area contributed by atoms with Gasteiger partial charge in [0.1, 0.15) is 29.1 Å². The number of carbonyl (C=O) groups excluding carboxylic acids is 2. The third-order valence-corrected chi connectivity index (χ3v) is 7.66. The van der Waals surface area contributed by atoms with Crippen LogP contribution in [0, 0.1) is 0 Å². The number of nitrogens with one attached hydrogen (secondary N) is 3. The first-order chi connectivity index (χ1) is 21.3. The van der Waals surface area contributed by atoms with Gasteiger partial charge in [-0.3, -0.25) is 19.2 Å². The number of nitrogens with two attached hydrogens (primary N) is 1. The molecule has 218 valence electrons. The van der Waals surface area contributed by atoms with Gasteiger partial charge in [0.05, 0.1) is 17.8 Å². The normalized spacial score (nSPS) is 15.5. The molecule has 1 aliphatic carbocycles. The lowest BCUT2D eigenvalue weighted by Crippen LogP contribution is -2.38. The molecule has 1 atom stereocenters. The first kappa shape index (κ1) is 26.7. The van der Waals surface area contributed by atoms with Crippen molar-refractivity contribution >= 4 is 34.2 Å². The molecule has 2 amide bonds. The fourth-order valence-corrected chi connectivity index (χ4v) is 5.39. The van der Waals surface area contributed by atoms with Gasteiger partial charge in [0.2, 0.25) is 5.88 Å². The lowest BCUT2D eigenvalue weighted by Gasteiger charge is -2.14. The summed E-state index contributed by atoms with van der Waals surface area (Å²) in [5, 5.41) is 10.7. The number of aryl methyl sites for hydroxylation is 1. The van der Waals surface area contributed by atoms with E-state index >= 15 is 0 Å². The van der Waals surface area contributed by atoms with Crippen LogP contribution in [0.3, 0.4) is 0 Å². The lowest BCUT2D eigenvalue weighted by atomic mass is 10.0. The van der Waals surface area contributed by atoms with E-state index in [-0.39, 0.29) is 35.3 Å². The molecule has 3 heterocycles. The smallest absolute Gasteiger partial charge is 0.270 e. The van der Waals surface area contributed by atoms with Gasteiger partial charge >= 0.3 is 0 Å². The van der Waals surface area contributed by atoms with E-state index in [1.807, 2.05) is 18.2 Å². The van der Waals surface area contributed by atoms with Crippen molar-refractivity contribution in [3.8, 4) is 5.69 Å². The van der Waals surface area contributed by atoms with Crippen molar-refractivity contribution in [2.24, 2.45) is 4.99 Å². The van der Waals surface area contributed by atoms with Crippen molar-refractivity contribution in [3.63, 3.8) is 0 Å². The summed E-state index contributed by atoms with van der Waals surface area (Å²) < 4.78 is 1.32. The van der Waals surface area contributed by atoms with Gasteiger partial charge in [-0.05, 0) is 48.2 Å². The highest BCUT2D eigenvalue weighted by Crippen LogP contribution is 2.32. The number of carbonyl (C=O) groups is 2. The number of hydrogen-bond donors (Lipinski definition) is 4. The summed E-state index contributed by atoms with van der Waals surface area (Å²) in [6.45, 7) is 3.78. The fraction of sp³-hybridized carbons (Fsp3) is 0.133. The summed E-state index contributed by atoms with van der Waals surface area (Å²) >= 11 is 0. The van der Waals surface area contributed by atoms with Crippen molar-refractivity contribution in [1.82, 2.24) is 35.9 Å². The Labute approximate surface area is 247 Å². The maximum absolute atomic E-state index is 13.1. The van der Waals surface area contributed by atoms with E-state index in [2.05, 4.69) is 42.8 Å². The van der Waals surface area contributed by atoms with Crippen LogP contribution in [0.15, 0.2) is 82.0 Å². The van der Waals surface area contributed by atoms with Crippen LogP contribution in [0.25, 0.3) is 16.6 Å². The van der Waals surface area contributed by atoms with E-state index in [1.165, 1.54) is 17.1 Å². The summed E-state index contributed by atoms with van der Waals surface area (Å²) in [6.07, 6.45) is 4.21. The van der Waals surface area contributed by atoms with Gasteiger partial charge in [0.15, 0.2) is 5.84 Å². The molecule has 44 heavy (non-hydrogen) atoms. The van der Waals surface area contributed by atoms with Crippen molar-refractivity contribution in [2.75, 3.05) is 5.73 Å². The number of benzene rings is 2. The number of hydroxylamine groups is 1.